The number of carbonyl (C=O) groups excluding carboxylic acids is 1. The molecule has 19 heavy (non-hydrogen) atoms. The molecule has 0 aliphatic carbocycles. The molecule has 2 aromatic rings. The molecule has 0 radical (unpaired) electrons. The molecule has 0 saturated heterocycles. The van der Waals surface area contributed by atoms with Crippen molar-refractivity contribution in [3.05, 3.63) is 45.4 Å². The summed E-state index contributed by atoms with van der Waals surface area (Å²) in [6, 6.07) is 5.19. The Labute approximate surface area is 120 Å². The summed E-state index contributed by atoms with van der Waals surface area (Å²) >= 11 is 7.71. The first-order chi connectivity index (χ1) is 9.11. The number of hydrogen-bond acceptors (Lipinski definition) is 4. The van der Waals surface area contributed by atoms with Crippen molar-refractivity contribution in [3.63, 3.8) is 0 Å². The van der Waals surface area contributed by atoms with Crippen LogP contribution in [0.25, 0.3) is 0 Å². The highest BCUT2D eigenvalue weighted by atomic mass is 35.5. The summed E-state index contributed by atoms with van der Waals surface area (Å²) in [6.45, 7) is 2.00. The second-order valence-electron chi connectivity index (χ2n) is 4.01. The standard InChI is InChI=1S/C13H14ClN3OS/c1-8(13-16-5-6-19-13)17-11-7-9(12(18)15-2)3-4-10(11)14/h3-8,17H,1-2H3,(H,15,18). The van der Waals surface area contributed by atoms with E-state index in [1.54, 1.807) is 42.8 Å². The SMILES string of the molecule is CNC(=O)c1ccc(Cl)c(NC(C)c2nccs2)c1. The maximum absolute atomic E-state index is 11.6. The van der Waals surface area contributed by atoms with Crippen molar-refractivity contribution in [2.24, 2.45) is 0 Å². The van der Waals surface area contributed by atoms with Crippen LogP contribution in [0.2, 0.25) is 5.02 Å². The van der Waals surface area contributed by atoms with Crippen LogP contribution in [-0.2, 0) is 0 Å². The summed E-state index contributed by atoms with van der Waals surface area (Å²) in [5.74, 6) is -0.137. The Hall–Kier alpha value is -1.59. The number of nitrogens with zero attached hydrogens (tertiary/aromatic N) is 1. The molecule has 1 amide bonds. The quantitative estimate of drug-likeness (QED) is 0.910. The third-order valence-electron chi connectivity index (χ3n) is 2.65. The zero-order valence-electron chi connectivity index (χ0n) is 10.6. The van der Waals surface area contributed by atoms with Gasteiger partial charge in [0, 0.05) is 24.2 Å². The van der Waals surface area contributed by atoms with Crippen LogP contribution in [0.5, 0.6) is 0 Å². The predicted molar refractivity (Wildman–Crippen MR) is 79.0 cm³/mol. The average Bonchev–Trinajstić information content (AvgIpc) is 2.94. The van der Waals surface area contributed by atoms with Crippen LogP contribution in [0.1, 0.15) is 28.3 Å². The van der Waals surface area contributed by atoms with E-state index >= 15 is 0 Å². The highest BCUT2D eigenvalue weighted by molar-refractivity contribution is 7.09. The highest BCUT2D eigenvalue weighted by Gasteiger charge is 2.12. The van der Waals surface area contributed by atoms with E-state index in [2.05, 4.69) is 15.6 Å². The molecular weight excluding hydrogens is 282 g/mol. The molecule has 1 heterocycles. The van der Waals surface area contributed by atoms with Crippen molar-refractivity contribution in [1.29, 1.82) is 0 Å². The van der Waals surface area contributed by atoms with E-state index in [1.807, 2.05) is 12.3 Å². The van der Waals surface area contributed by atoms with Crippen molar-refractivity contribution in [2.75, 3.05) is 12.4 Å². The average molecular weight is 296 g/mol. The Kier molecular flexibility index (Phi) is 4.39. The van der Waals surface area contributed by atoms with Gasteiger partial charge in [-0.3, -0.25) is 4.79 Å². The largest absolute Gasteiger partial charge is 0.375 e. The molecule has 1 aromatic carbocycles. The summed E-state index contributed by atoms with van der Waals surface area (Å²) in [5.41, 5.74) is 1.30. The van der Waals surface area contributed by atoms with E-state index in [0.29, 0.717) is 10.6 Å². The number of halogens is 1. The third kappa shape index (κ3) is 3.24. The van der Waals surface area contributed by atoms with E-state index in [4.69, 9.17) is 11.6 Å². The van der Waals surface area contributed by atoms with E-state index in [9.17, 15) is 4.79 Å². The van der Waals surface area contributed by atoms with Crippen molar-refractivity contribution in [1.82, 2.24) is 10.3 Å². The lowest BCUT2D eigenvalue weighted by Gasteiger charge is -2.15. The van der Waals surface area contributed by atoms with Crippen molar-refractivity contribution in [3.8, 4) is 0 Å². The van der Waals surface area contributed by atoms with E-state index in [0.717, 1.165) is 10.7 Å². The predicted octanol–water partition coefficient (Wildman–Crippen LogP) is 3.33. The molecule has 6 heteroatoms. The van der Waals surface area contributed by atoms with Gasteiger partial charge in [-0.15, -0.1) is 11.3 Å². The minimum atomic E-state index is -0.137. The summed E-state index contributed by atoms with van der Waals surface area (Å²) in [7, 11) is 1.60. The van der Waals surface area contributed by atoms with Gasteiger partial charge < -0.3 is 10.6 Å². The first kappa shape index (κ1) is 13.8. The molecule has 0 aliphatic heterocycles. The fraction of sp³-hybridized carbons (Fsp3) is 0.231. The van der Waals surface area contributed by atoms with Crippen molar-refractivity contribution in [2.45, 2.75) is 13.0 Å². The normalized spacial score (nSPS) is 11.9. The van der Waals surface area contributed by atoms with Crippen molar-refractivity contribution >= 4 is 34.5 Å². The Morgan fingerprint density at radius 1 is 1.47 bits per heavy atom. The molecule has 1 unspecified atom stereocenters. The van der Waals surface area contributed by atoms with Gasteiger partial charge in [0.1, 0.15) is 5.01 Å². The van der Waals surface area contributed by atoms with Gasteiger partial charge in [-0.1, -0.05) is 11.6 Å². The summed E-state index contributed by atoms with van der Waals surface area (Å²) in [5, 5.41) is 9.34. The molecule has 1 atom stereocenters. The lowest BCUT2D eigenvalue weighted by atomic mass is 10.1. The molecule has 0 spiro atoms. The summed E-state index contributed by atoms with van der Waals surface area (Å²) in [4.78, 5) is 15.8. The molecule has 0 bridgehead atoms. The van der Waals surface area contributed by atoms with Crippen LogP contribution >= 0.6 is 22.9 Å². The van der Waals surface area contributed by atoms with Gasteiger partial charge in [-0.05, 0) is 25.1 Å². The number of hydrogen-bond donors (Lipinski definition) is 2. The number of amides is 1. The molecule has 0 saturated carbocycles. The Morgan fingerprint density at radius 3 is 2.89 bits per heavy atom. The molecule has 0 fully saturated rings. The van der Waals surface area contributed by atoms with Crippen LogP contribution in [-0.4, -0.2) is 17.9 Å². The number of rotatable bonds is 4. The molecule has 2 rings (SSSR count). The molecular formula is C13H14ClN3OS. The van der Waals surface area contributed by atoms with E-state index < -0.39 is 0 Å². The van der Waals surface area contributed by atoms with Gasteiger partial charge >= 0.3 is 0 Å². The maximum atomic E-state index is 11.6. The Balaban J connectivity index is 2.22. The van der Waals surface area contributed by atoms with Gasteiger partial charge in [0.25, 0.3) is 5.91 Å². The van der Waals surface area contributed by atoms with Gasteiger partial charge in [-0.25, -0.2) is 4.98 Å². The molecule has 0 aliphatic rings. The zero-order valence-corrected chi connectivity index (χ0v) is 12.2. The van der Waals surface area contributed by atoms with Crippen LogP contribution in [0, 0.1) is 0 Å². The van der Waals surface area contributed by atoms with E-state index in [1.165, 1.54) is 0 Å². The smallest absolute Gasteiger partial charge is 0.251 e. The maximum Gasteiger partial charge on any atom is 0.251 e. The number of carbonyl (C=O) groups is 1. The zero-order chi connectivity index (χ0) is 13.8. The van der Waals surface area contributed by atoms with Crippen LogP contribution < -0.4 is 10.6 Å². The minimum Gasteiger partial charge on any atom is -0.375 e. The van der Waals surface area contributed by atoms with Crippen LogP contribution in [0.4, 0.5) is 5.69 Å². The summed E-state index contributed by atoms with van der Waals surface area (Å²) in [6.07, 6.45) is 1.76. The molecule has 100 valence electrons. The number of benzene rings is 1. The lowest BCUT2D eigenvalue weighted by Crippen LogP contribution is -2.18. The fourth-order valence-electron chi connectivity index (χ4n) is 1.66. The topological polar surface area (TPSA) is 54.0 Å². The number of nitrogens with one attached hydrogen (secondary N) is 2. The second-order valence-corrected chi connectivity index (χ2v) is 5.34. The Morgan fingerprint density at radius 2 is 2.26 bits per heavy atom. The van der Waals surface area contributed by atoms with Gasteiger partial charge in [0.15, 0.2) is 0 Å². The van der Waals surface area contributed by atoms with Crippen LogP contribution in [0.3, 0.4) is 0 Å². The molecule has 2 N–H and O–H groups in total. The fourth-order valence-corrected chi connectivity index (χ4v) is 2.48. The third-order valence-corrected chi connectivity index (χ3v) is 3.94. The van der Waals surface area contributed by atoms with Gasteiger partial charge in [0.2, 0.25) is 0 Å². The van der Waals surface area contributed by atoms with Crippen LogP contribution in [0.15, 0.2) is 29.8 Å². The van der Waals surface area contributed by atoms with Gasteiger partial charge in [0.05, 0.1) is 16.8 Å². The monoisotopic (exact) mass is 295 g/mol. The highest BCUT2D eigenvalue weighted by Crippen LogP contribution is 2.28. The van der Waals surface area contributed by atoms with E-state index in [-0.39, 0.29) is 11.9 Å². The number of thiazole rings is 1. The lowest BCUT2D eigenvalue weighted by molar-refractivity contribution is 0.0963. The minimum absolute atomic E-state index is 0.0393. The number of anilines is 1. The van der Waals surface area contributed by atoms with Gasteiger partial charge in [-0.2, -0.15) is 0 Å². The molecule has 4 nitrogen and oxygen atoms in total. The molecule has 1 aromatic heterocycles. The Bertz CT molecular complexity index is 571. The van der Waals surface area contributed by atoms with Crippen molar-refractivity contribution < 1.29 is 4.79 Å². The number of aromatic nitrogens is 1. The second kappa shape index (κ2) is 6.04. The summed E-state index contributed by atoms with van der Waals surface area (Å²) < 4.78 is 0. The first-order valence-corrected chi connectivity index (χ1v) is 7.05. The first-order valence-electron chi connectivity index (χ1n) is 5.79.